The summed E-state index contributed by atoms with van der Waals surface area (Å²) in [6.45, 7) is 4.20. The van der Waals surface area contributed by atoms with E-state index >= 15 is 0 Å². The maximum absolute atomic E-state index is 6.17. The summed E-state index contributed by atoms with van der Waals surface area (Å²) in [4.78, 5) is 11.0. The van der Waals surface area contributed by atoms with Crippen LogP contribution in [-0.2, 0) is 29.7 Å². The third kappa shape index (κ3) is 3.36. The second-order valence-electron chi connectivity index (χ2n) is 6.91. The van der Waals surface area contributed by atoms with Crippen molar-refractivity contribution in [2.45, 2.75) is 37.7 Å². The van der Waals surface area contributed by atoms with Crippen molar-refractivity contribution in [3.63, 3.8) is 0 Å². The minimum atomic E-state index is -0.0369. The lowest BCUT2D eigenvalue weighted by atomic mass is 9.98. The van der Waals surface area contributed by atoms with Crippen LogP contribution in [0.25, 0.3) is 0 Å². The van der Waals surface area contributed by atoms with E-state index in [-0.39, 0.29) is 11.7 Å². The molecular formula is C18H24N4O2. The van der Waals surface area contributed by atoms with Gasteiger partial charge in [-0.3, -0.25) is 9.88 Å². The summed E-state index contributed by atoms with van der Waals surface area (Å²) >= 11 is 0. The summed E-state index contributed by atoms with van der Waals surface area (Å²) in [7, 11) is 2.04. The predicted molar refractivity (Wildman–Crippen MR) is 89.2 cm³/mol. The van der Waals surface area contributed by atoms with Crippen molar-refractivity contribution >= 4 is 0 Å². The molecule has 0 unspecified atom stereocenters. The van der Waals surface area contributed by atoms with Crippen LogP contribution in [0.15, 0.2) is 36.9 Å². The van der Waals surface area contributed by atoms with Gasteiger partial charge in [0.25, 0.3) is 0 Å². The number of pyridine rings is 1. The number of ether oxygens (including phenoxy) is 2. The minimum absolute atomic E-state index is 0.0369. The molecule has 2 aromatic rings. The molecule has 0 N–H and O–H groups in total. The number of hydrogen-bond donors (Lipinski definition) is 0. The molecule has 2 aliphatic heterocycles. The van der Waals surface area contributed by atoms with E-state index in [2.05, 4.69) is 19.4 Å². The Balaban J connectivity index is 1.29. The molecule has 6 nitrogen and oxygen atoms in total. The molecule has 6 heteroatoms. The second-order valence-corrected chi connectivity index (χ2v) is 6.91. The van der Waals surface area contributed by atoms with Crippen molar-refractivity contribution < 1.29 is 9.47 Å². The fourth-order valence-electron chi connectivity index (χ4n) is 3.70. The molecule has 2 aromatic heterocycles. The van der Waals surface area contributed by atoms with E-state index in [0.29, 0.717) is 13.2 Å². The first-order chi connectivity index (χ1) is 11.7. The van der Waals surface area contributed by atoms with Crippen LogP contribution in [0.1, 0.15) is 24.2 Å². The molecule has 0 saturated carbocycles. The Morgan fingerprint density at radius 2 is 2.38 bits per heavy atom. The van der Waals surface area contributed by atoms with E-state index in [1.54, 1.807) is 6.20 Å². The Morgan fingerprint density at radius 3 is 3.17 bits per heavy atom. The van der Waals surface area contributed by atoms with E-state index in [0.717, 1.165) is 43.9 Å². The standard InChI is InChI=1S/C18H24N4O2/c1-21-8-6-20-17(21)11-22-7-4-18(14-22)9-16(13-24-18)23-12-15-3-2-5-19-10-15/h2-3,5-6,8,10,16H,4,7,9,11-14H2,1H3/t16-,18+/m1/s1. The molecule has 24 heavy (non-hydrogen) atoms. The van der Waals surface area contributed by atoms with Crippen LogP contribution < -0.4 is 0 Å². The molecule has 2 saturated heterocycles. The molecule has 4 rings (SSSR count). The highest BCUT2D eigenvalue weighted by molar-refractivity contribution is 5.07. The van der Waals surface area contributed by atoms with Gasteiger partial charge in [-0.15, -0.1) is 0 Å². The van der Waals surface area contributed by atoms with Gasteiger partial charge in [-0.2, -0.15) is 0 Å². The lowest BCUT2D eigenvalue weighted by Gasteiger charge is -2.23. The fourth-order valence-corrected chi connectivity index (χ4v) is 3.70. The summed E-state index contributed by atoms with van der Waals surface area (Å²) in [6.07, 6.45) is 9.72. The minimum Gasteiger partial charge on any atom is -0.371 e. The molecule has 4 heterocycles. The van der Waals surface area contributed by atoms with Crippen molar-refractivity contribution in [2.24, 2.45) is 7.05 Å². The van der Waals surface area contributed by atoms with Gasteiger partial charge in [0.15, 0.2) is 0 Å². The molecule has 0 radical (unpaired) electrons. The van der Waals surface area contributed by atoms with Crippen molar-refractivity contribution in [3.8, 4) is 0 Å². The zero-order chi connectivity index (χ0) is 16.4. The van der Waals surface area contributed by atoms with Gasteiger partial charge in [-0.1, -0.05) is 6.07 Å². The van der Waals surface area contributed by atoms with Crippen LogP contribution in [0, 0.1) is 0 Å². The van der Waals surface area contributed by atoms with Gasteiger partial charge in [0.1, 0.15) is 5.82 Å². The smallest absolute Gasteiger partial charge is 0.122 e. The van der Waals surface area contributed by atoms with Crippen LogP contribution in [0.4, 0.5) is 0 Å². The number of rotatable bonds is 5. The Morgan fingerprint density at radius 1 is 1.42 bits per heavy atom. The summed E-state index contributed by atoms with van der Waals surface area (Å²) in [6, 6.07) is 3.99. The number of aromatic nitrogens is 3. The predicted octanol–water partition coefficient (Wildman–Crippen LogP) is 1.77. The van der Waals surface area contributed by atoms with E-state index in [4.69, 9.17) is 9.47 Å². The van der Waals surface area contributed by atoms with Crippen molar-refractivity contribution in [2.75, 3.05) is 19.7 Å². The summed E-state index contributed by atoms with van der Waals surface area (Å²) in [5.41, 5.74) is 1.08. The van der Waals surface area contributed by atoms with Gasteiger partial charge in [0.05, 0.1) is 31.5 Å². The van der Waals surface area contributed by atoms with Crippen molar-refractivity contribution in [3.05, 3.63) is 48.3 Å². The zero-order valence-corrected chi connectivity index (χ0v) is 14.1. The first-order valence-corrected chi connectivity index (χ1v) is 8.55. The van der Waals surface area contributed by atoms with Crippen LogP contribution in [0.2, 0.25) is 0 Å². The van der Waals surface area contributed by atoms with Crippen LogP contribution >= 0.6 is 0 Å². The number of hydrogen-bond acceptors (Lipinski definition) is 5. The van der Waals surface area contributed by atoms with E-state index < -0.39 is 0 Å². The highest BCUT2D eigenvalue weighted by Gasteiger charge is 2.45. The first kappa shape index (κ1) is 15.7. The Kier molecular flexibility index (Phi) is 4.35. The third-order valence-corrected chi connectivity index (χ3v) is 5.06. The molecule has 2 fully saturated rings. The van der Waals surface area contributed by atoms with Crippen LogP contribution in [-0.4, -0.2) is 50.8 Å². The molecule has 2 aliphatic rings. The van der Waals surface area contributed by atoms with E-state index in [1.807, 2.05) is 37.8 Å². The van der Waals surface area contributed by atoms with Crippen LogP contribution in [0.5, 0.6) is 0 Å². The number of imidazole rings is 1. The number of likely N-dealkylation sites (tertiary alicyclic amines) is 1. The Hall–Kier alpha value is -1.76. The van der Waals surface area contributed by atoms with Gasteiger partial charge in [-0.05, 0) is 18.1 Å². The van der Waals surface area contributed by atoms with Gasteiger partial charge >= 0.3 is 0 Å². The maximum Gasteiger partial charge on any atom is 0.122 e. The monoisotopic (exact) mass is 328 g/mol. The van der Waals surface area contributed by atoms with Gasteiger partial charge < -0.3 is 14.0 Å². The van der Waals surface area contributed by atoms with Gasteiger partial charge in [0.2, 0.25) is 0 Å². The average molecular weight is 328 g/mol. The molecule has 1 spiro atoms. The van der Waals surface area contributed by atoms with Gasteiger partial charge in [0, 0.05) is 51.3 Å². The van der Waals surface area contributed by atoms with Crippen LogP contribution in [0.3, 0.4) is 0 Å². The maximum atomic E-state index is 6.17. The summed E-state index contributed by atoms with van der Waals surface area (Å²) in [5.74, 6) is 1.11. The largest absolute Gasteiger partial charge is 0.371 e. The molecule has 0 aliphatic carbocycles. The Bertz CT molecular complexity index is 675. The lowest BCUT2D eigenvalue weighted by molar-refractivity contribution is -0.000585. The van der Waals surface area contributed by atoms with Crippen molar-refractivity contribution in [1.29, 1.82) is 0 Å². The molecule has 2 atom stereocenters. The highest BCUT2D eigenvalue weighted by atomic mass is 16.6. The highest BCUT2D eigenvalue weighted by Crippen LogP contribution is 2.36. The second kappa shape index (κ2) is 6.63. The fraction of sp³-hybridized carbons (Fsp3) is 0.556. The Labute approximate surface area is 142 Å². The molecule has 0 bridgehead atoms. The topological polar surface area (TPSA) is 52.4 Å². The number of nitrogens with zero attached hydrogens (tertiary/aromatic N) is 4. The molecule has 128 valence electrons. The third-order valence-electron chi connectivity index (χ3n) is 5.06. The summed E-state index contributed by atoms with van der Waals surface area (Å²) < 4.78 is 14.3. The average Bonchev–Trinajstić information content (AvgIpc) is 3.30. The van der Waals surface area contributed by atoms with Gasteiger partial charge in [-0.25, -0.2) is 4.98 Å². The normalized spacial score (nSPS) is 27.3. The van der Waals surface area contributed by atoms with Crippen molar-refractivity contribution in [1.82, 2.24) is 19.4 Å². The van der Waals surface area contributed by atoms with E-state index in [1.165, 1.54) is 0 Å². The van der Waals surface area contributed by atoms with E-state index in [9.17, 15) is 0 Å². The lowest BCUT2D eigenvalue weighted by Crippen LogP contribution is -2.33. The quantitative estimate of drug-likeness (QED) is 0.837. The summed E-state index contributed by atoms with van der Waals surface area (Å²) in [5, 5.41) is 0. The molecule has 0 amide bonds. The molecular weight excluding hydrogens is 304 g/mol. The SMILES string of the molecule is Cn1ccnc1CN1CC[C@]2(C[C@@H](OCc3cccnc3)CO2)C1. The number of aryl methyl sites for hydroxylation is 1. The zero-order valence-electron chi connectivity index (χ0n) is 14.1. The molecule has 0 aromatic carbocycles. The first-order valence-electron chi connectivity index (χ1n) is 8.55.